The van der Waals surface area contributed by atoms with Gasteiger partial charge in [-0.2, -0.15) is 5.10 Å². The number of imidazole rings is 1. The van der Waals surface area contributed by atoms with E-state index in [2.05, 4.69) is 46.4 Å². The second-order valence-corrected chi connectivity index (χ2v) is 7.31. The molecule has 0 saturated carbocycles. The molecule has 4 aromatic rings. The molecule has 0 bridgehead atoms. The Hall–Kier alpha value is -3.61. The quantitative estimate of drug-likeness (QED) is 0.488. The van der Waals surface area contributed by atoms with Crippen LogP contribution >= 0.6 is 0 Å². The molecule has 2 aromatic heterocycles. The van der Waals surface area contributed by atoms with Crippen molar-refractivity contribution in [1.82, 2.24) is 25.1 Å². The first-order chi connectivity index (χ1) is 13.9. The number of nitrogens with two attached hydrogens (primary N) is 1. The number of carbonyl (C=O) groups excluding carboxylic acids is 1. The number of aryl methyl sites for hydroxylation is 3. The predicted molar refractivity (Wildman–Crippen MR) is 114 cm³/mol. The molecule has 0 radical (unpaired) electrons. The largest absolute Gasteiger partial charge is 0.384 e. The summed E-state index contributed by atoms with van der Waals surface area (Å²) in [6.07, 6.45) is 0.639. The summed E-state index contributed by atoms with van der Waals surface area (Å²) in [5, 5.41) is 7.29. The van der Waals surface area contributed by atoms with E-state index in [1.165, 1.54) is 11.1 Å². The van der Waals surface area contributed by atoms with Gasteiger partial charge in [0.1, 0.15) is 11.6 Å². The lowest BCUT2D eigenvalue weighted by atomic mass is 10.1. The van der Waals surface area contributed by atoms with Crippen LogP contribution in [0.3, 0.4) is 0 Å². The van der Waals surface area contributed by atoms with Crippen LogP contribution in [0.1, 0.15) is 33.0 Å². The van der Waals surface area contributed by atoms with E-state index >= 15 is 0 Å². The Morgan fingerprint density at radius 1 is 1.10 bits per heavy atom. The Labute approximate surface area is 169 Å². The number of nitrogen functional groups attached to an aromatic ring is 1. The Morgan fingerprint density at radius 2 is 1.83 bits per heavy atom. The number of aromatic amines is 1. The SMILES string of the molecule is Cc1cc(N)n(-c2ccc(C(=O)NCCc3nc4cc(C)c(C)cc4[nH]3)cc2)n1. The van der Waals surface area contributed by atoms with E-state index < -0.39 is 0 Å². The molecule has 4 rings (SSSR count). The highest BCUT2D eigenvalue weighted by Gasteiger charge is 2.09. The summed E-state index contributed by atoms with van der Waals surface area (Å²) < 4.78 is 1.65. The number of benzene rings is 2. The maximum Gasteiger partial charge on any atom is 0.251 e. The topological polar surface area (TPSA) is 102 Å². The van der Waals surface area contributed by atoms with Crippen LogP contribution in [0.15, 0.2) is 42.5 Å². The number of nitrogens with zero attached hydrogens (tertiary/aromatic N) is 3. The second kappa shape index (κ2) is 7.43. The van der Waals surface area contributed by atoms with E-state index in [0.29, 0.717) is 24.3 Å². The maximum atomic E-state index is 12.4. The van der Waals surface area contributed by atoms with Gasteiger partial charge >= 0.3 is 0 Å². The molecule has 0 aliphatic heterocycles. The van der Waals surface area contributed by atoms with Gasteiger partial charge in [-0.1, -0.05) is 0 Å². The Kier molecular flexibility index (Phi) is 4.80. The van der Waals surface area contributed by atoms with Crippen molar-refractivity contribution in [3.05, 3.63) is 70.7 Å². The van der Waals surface area contributed by atoms with Crippen molar-refractivity contribution >= 4 is 22.8 Å². The van der Waals surface area contributed by atoms with Crippen molar-refractivity contribution in [3.8, 4) is 5.69 Å². The predicted octanol–water partition coefficient (Wildman–Crippen LogP) is 3.23. The van der Waals surface area contributed by atoms with Crippen LogP contribution in [0.25, 0.3) is 16.7 Å². The van der Waals surface area contributed by atoms with E-state index in [1.807, 2.05) is 19.1 Å². The molecule has 0 spiro atoms. The molecule has 0 saturated heterocycles. The highest BCUT2D eigenvalue weighted by molar-refractivity contribution is 5.94. The normalized spacial score (nSPS) is 11.1. The zero-order chi connectivity index (χ0) is 20.5. The van der Waals surface area contributed by atoms with Crippen LogP contribution in [-0.4, -0.2) is 32.2 Å². The molecular formula is C22H24N6O. The Bertz CT molecular complexity index is 1150. The number of nitrogens with one attached hydrogen (secondary N) is 2. The molecule has 148 valence electrons. The summed E-state index contributed by atoms with van der Waals surface area (Å²) in [5.74, 6) is 1.31. The third-order valence-electron chi connectivity index (χ3n) is 5.03. The minimum absolute atomic E-state index is 0.121. The van der Waals surface area contributed by atoms with Gasteiger partial charge in [0.25, 0.3) is 5.91 Å². The fourth-order valence-electron chi connectivity index (χ4n) is 3.32. The number of hydrogen-bond acceptors (Lipinski definition) is 4. The monoisotopic (exact) mass is 388 g/mol. The number of H-pyrrole nitrogens is 1. The fourth-order valence-corrected chi connectivity index (χ4v) is 3.32. The van der Waals surface area contributed by atoms with Crippen LogP contribution in [0.4, 0.5) is 5.82 Å². The van der Waals surface area contributed by atoms with Crippen molar-refractivity contribution in [2.45, 2.75) is 27.2 Å². The van der Waals surface area contributed by atoms with Gasteiger partial charge in [0.15, 0.2) is 0 Å². The van der Waals surface area contributed by atoms with Crippen LogP contribution < -0.4 is 11.1 Å². The maximum absolute atomic E-state index is 12.4. The molecule has 0 atom stereocenters. The fraction of sp³-hybridized carbons (Fsp3) is 0.227. The molecule has 0 fully saturated rings. The van der Waals surface area contributed by atoms with E-state index in [0.717, 1.165) is 28.2 Å². The molecule has 29 heavy (non-hydrogen) atoms. The van der Waals surface area contributed by atoms with Crippen molar-refractivity contribution in [3.63, 3.8) is 0 Å². The van der Waals surface area contributed by atoms with E-state index in [9.17, 15) is 4.79 Å². The molecule has 2 aromatic carbocycles. The number of fused-ring (bicyclic) bond motifs is 1. The van der Waals surface area contributed by atoms with Gasteiger partial charge < -0.3 is 16.0 Å². The first-order valence-electron chi connectivity index (χ1n) is 9.57. The van der Waals surface area contributed by atoms with Crippen LogP contribution in [0, 0.1) is 20.8 Å². The number of carbonyl (C=O) groups is 1. The third-order valence-corrected chi connectivity index (χ3v) is 5.03. The van der Waals surface area contributed by atoms with Gasteiger partial charge in [0.2, 0.25) is 0 Å². The molecule has 2 heterocycles. The third kappa shape index (κ3) is 3.85. The van der Waals surface area contributed by atoms with Crippen molar-refractivity contribution in [2.75, 3.05) is 12.3 Å². The Morgan fingerprint density at radius 3 is 2.52 bits per heavy atom. The van der Waals surface area contributed by atoms with Crippen LogP contribution in [0.2, 0.25) is 0 Å². The lowest BCUT2D eigenvalue weighted by Crippen LogP contribution is -2.25. The Balaban J connectivity index is 1.38. The lowest BCUT2D eigenvalue weighted by Gasteiger charge is -2.07. The van der Waals surface area contributed by atoms with E-state index in [1.54, 1.807) is 22.9 Å². The van der Waals surface area contributed by atoms with Crippen molar-refractivity contribution in [2.24, 2.45) is 0 Å². The van der Waals surface area contributed by atoms with Gasteiger partial charge in [-0.3, -0.25) is 4.79 Å². The summed E-state index contributed by atoms with van der Waals surface area (Å²) in [6.45, 7) is 6.56. The van der Waals surface area contributed by atoms with Gasteiger partial charge in [0, 0.05) is 24.6 Å². The molecular weight excluding hydrogens is 364 g/mol. The van der Waals surface area contributed by atoms with Crippen LogP contribution in [0.5, 0.6) is 0 Å². The zero-order valence-corrected chi connectivity index (χ0v) is 16.8. The van der Waals surface area contributed by atoms with Gasteiger partial charge in [0.05, 0.1) is 22.4 Å². The minimum Gasteiger partial charge on any atom is -0.384 e. The highest BCUT2D eigenvalue weighted by atomic mass is 16.1. The molecule has 7 heteroatoms. The van der Waals surface area contributed by atoms with E-state index in [4.69, 9.17) is 5.73 Å². The van der Waals surface area contributed by atoms with Crippen LogP contribution in [-0.2, 0) is 6.42 Å². The molecule has 0 aliphatic rings. The average Bonchev–Trinajstić information content (AvgIpc) is 3.23. The summed E-state index contributed by atoms with van der Waals surface area (Å²) in [6, 6.07) is 13.2. The first-order valence-corrected chi connectivity index (χ1v) is 9.57. The zero-order valence-electron chi connectivity index (χ0n) is 16.8. The second-order valence-electron chi connectivity index (χ2n) is 7.31. The van der Waals surface area contributed by atoms with Gasteiger partial charge in [-0.15, -0.1) is 0 Å². The molecule has 4 N–H and O–H groups in total. The standard InChI is InChI=1S/C22H24N6O/c1-13-10-18-19(11-14(13)2)26-21(25-18)8-9-24-22(29)16-4-6-17(7-5-16)28-20(23)12-15(3)27-28/h4-7,10-12H,8-9,23H2,1-3H3,(H,24,29)(H,25,26). The lowest BCUT2D eigenvalue weighted by molar-refractivity contribution is 0.0954. The number of amides is 1. The number of rotatable bonds is 5. The molecule has 1 amide bonds. The molecule has 0 aliphatic carbocycles. The summed E-state index contributed by atoms with van der Waals surface area (Å²) >= 11 is 0. The summed E-state index contributed by atoms with van der Waals surface area (Å²) in [7, 11) is 0. The van der Waals surface area contributed by atoms with Crippen molar-refractivity contribution < 1.29 is 4.79 Å². The van der Waals surface area contributed by atoms with Crippen molar-refractivity contribution in [1.29, 1.82) is 0 Å². The van der Waals surface area contributed by atoms with E-state index in [-0.39, 0.29) is 5.91 Å². The number of aromatic nitrogens is 4. The molecule has 0 unspecified atom stereocenters. The van der Waals surface area contributed by atoms with Gasteiger partial charge in [-0.25, -0.2) is 9.67 Å². The summed E-state index contributed by atoms with van der Waals surface area (Å²) in [4.78, 5) is 20.4. The minimum atomic E-state index is -0.121. The number of hydrogen-bond donors (Lipinski definition) is 3. The average molecular weight is 388 g/mol. The number of anilines is 1. The summed E-state index contributed by atoms with van der Waals surface area (Å²) in [5.41, 5.74) is 12.6. The first kappa shape index (κ1) is 18.7. The smallest absolute Gasteiger partial charge is 0.251 e. The van der Waals surface area contributed by atoms with Gasteiger partial charge in [-0.05, 0) is 68.3 Å². The molecule has 7 nitrogen and oxygen atoms in total. The highest BCUT2D eigenvalue weighted by Crippen LogP contribution is 2.18.